The molecule has 1 aromatic heterocycles. The Hall–Kier alpha value is -2.20. The quantitative estimate of drug-likeness (QED) is 0.646. The van der Waals surface area contributed by atoms with Crippen molar-refractivity contribution in [2.45, 2.75) is 25.4 Å². The molecule has 1 aliphatic rings. The van der Waals surface area contributed by atoms with Crippen LogP contribution in [0.3, 0.4) is 0 Å². The summed E-state index contributed by atoms with van der Waals surface area (Å²) in [5.41, 5.74) is -1.20. The molecule has 0 saturated carbocycles. The molecule has 0 aromatic carbocycles. The van der Waals surface area contributed by atoms with Crippen LogP contribution in [-0.2, 0) is 0 Å². The zero-order chi connectivity index (χ0) is 14.0. The summed E-state index contributed by atoms with van der Waals surface area (Å²) in [6, 6.07) is 4.50. The van der Waals surface area contributed by atoms with Crippen molar-refractivity contribution in [3.8, 4) is 6.07 Å². The Balaban J connectivity index is 2.16. The number of nitriles is 1. The fourth-order valence-electron chi connectivity index (χ4n) is 2.30. The van der Waals surface area contributed by atoms with Crippen molar-refractivity contribution in [2.75, 3.05) is 18.0 Å². The molecule has 1 aliphatic heterocycles. The van der Waals surface area contributed by atoms with Crippen LogP contribution in [0.2, 0.25) is 0 Å². The predicted octanol–water partition coefficient (Wildman–Crippen LogP) is 1.21. The largest absolute Gasteiger partial charge is 0.386 e. The number of pyridine rings is 1. The van der Waals surface area contributed by atoms with Crippen LogP contribution in [0.4, 0.5) is 11.5 Å². The number of aliphatic hydroxyl groups is 1. The van der Waals surface area contributed by atoms with Crippen molar-refractivity contribution in [3.63, 3.8) is 0 Å². The van der Waals surface area contributed by atoms with Crippen LogP contribution in [0.25, 0.3) is 0 Å². The van der Waals surface area contributed by atoms with Crippen molar-refractivity contribution >= 4 is 11.5 Å². The first-order valence-electron chi connectivity index (χ1n) is 6.02. The molecule has 1 saturated heterocycles. The Morgan fingerprint density at radius 2 is 2.32 bits per heavy atom. The van der Waals surface area contributed by atoms with Crippen molar-refractivity contribution in [1.29, 1.82) is 5.26 Å². The van der Waals surface area contributed by atoms with Crippen LogP contribution < -0.4 is 4.90 Å². The van der Waals surface area contributed by atoms with Gasteiger partial charge in [0.2, 0.25) is 5.69 Å². The molecule has 1 fully saturated rings. The van der Waals surface area contributed by atoms with Gasteiger partial charge in [0.15, 0.2) is 0 Å². The van der Waals surface area contributed by atoms with E-state index >= 15 is 0 Å². The van der Waals surface area contributed by atoms with Crippen molar-refractivity contribution in [3.05, 3.63) is 27.9 Å². The highest BCUT2D eigenvalue weighted by atomic mass is 16.6. The van der Waals surface area contributed by atoms with Gasteiger partial charge in [-0.3, -0.25) is 10.1 Å². The molecule has 2 rings (SSSR count). The summed E-state index contributed by atoms with van der Waals surface area (Å²) >= 11 is 0. The Morgan fingerprint density at radius 1 is 1.63 bits per heavy atom. The maximum absolute atomic E-state index is 10.7. The third-order valence-corrected chi connectivity index (χ3v) is 3.17. The minimum Gasteiger partial charge on any atom is -0.386 e. The first-order valence-corrected chi connectivity index (χ1v) is 6.02. The molecule has 0 unspecified atom stereocenters. The summed E-state index contributed by atoms with van der Waals surface area (Å²) < 4.78 is 0. The molecule has 2 heterocycles. The van der Waals surface area contributed by atoms with Gasteiger partial charge >= 0.3 is 5.69 Å². The van der Waals surface area contributed by atoms with E-state index in [9.17, 15) is 15.2 Å². The molecule has 0 spiro atoms. The zero-order valence-electron chi connectivity index (χ0n) is 10.5. The number of hydrogen-bond donors (Lipinski definition) is 1. The maximum Gasteiger partial charge on any atom is 0.305 e. The molecule has 0 atom stereocenters. The molecular weight excluding hydrogens is 248 g/mol. The number of anilines is 1. The average Bonchev–Trinajstić information content (AvgIpc) is 2.35. The molecule has 7 nitrogen and oxygen atoms in total. The molecule has 1 aromatic rings. The van der Waals surface area contributed by atoms with Crippen LogP contribution >= 0.6 is 0 Å². The molecule has 0 radical (unpaired) electrons. The second-order valence-electron chi connectivity index (χ2n) is 4.74. The number of hydrogen-bond acceptors (Lipinski definition) is 6. The maximum atomic E-state index is 10.7. The molecule has 7 heteroatoms. The zero-order valence-corrected chi connectivity index (χ0v) is 10.5. The number of rotatable bonds is 4. The fraction of sp³-hybridized carbons (Fsp3) is 0.500. The van der Waals surface area contributed by atoms with E-state index in [2.05, 4.69) is 4.98 Å². The smallest absolute Gasteiger partial charge is 0.305 e. The minimum atomic E-state index is -0.703. The SMILES string of the molecule is CCCC1(O)CN(c2ccc([N+](=O)[O-])c(C#N)n2)C1. The third kappa shape index (κ3) is 2.48. The Morgan fingerprint density at radius 3 is 2.84 bits per heavy atom. The highest BCUT2D eigenvalue weighted by molar-refractivity contribution is 5.53. The van der Waals surface area contributed by atoms with E-state index in [0.717, 1.165) is 6.42 Å². The number of β-amino-alcohol motifs (C(OH)–C–C–N with tert-alkyl or cyclic N) is 1. The molecular formula is C12H14N4O3. The fourth-order valence-corrected chi connectivity index (χ4v) is 2.30. The van der Waals surface area contributed by atoms with Crippen molar-refractivity contribution in [1.82, 2.24) is 4.98 Å². The topological polar surface area (TPSA) is 103 Å². The third-order valence-electron chi connectivity index (χ3n) is 3.17. The lowest BCUT2D eigenvalue weighted by Crippen LogP contribution is -2.62. The second kappa shape index (κ2) is 4.82. The highest BCUT2D eigenvalue weighted by Gasteiger charge is 2.41. The van der Waals surface area contributed by atoms with E-state index in [1.165, 1.54) is 12.1 Å². The van der Waals surface area contributed by atoms with Crippen LogP contribution in [0.15, 0.2) is 12.1 Å². The van der Waals surface area contributed by atoms with E-state index in [1.54, 1.807) is 11.0 Å². The van der Waals surface area contributed by atoms with Gasteiger partial charge < -0.3 is 10.0 Å². The Bertz CT molecular complexity index is 546. The number of aromatic nitrogens is 1. The Labute approximate surface area is 110 Å². The highest BCUT2D eigenvalue weighted by Crippen LogP contribution is 2.31. The average molecular weight is 262 g/mol. The van der Waals surface area contributed by atoms with Gasteiger partial charge in [-0.15, -0.1) is 0 Å². The molecule has 1 N–H and O–H groups in total. The molecule has 0 bridgehead atoms. The van der Waals surface area contributed by atoms with Gasteiger partial charge in [-0.1, -0.05) is 13.3 Å². The lowest BCUT2D eigenvalue weighted by atomic mass is 9.89. The minimum absolute atomic E-state index is 0.201. The van der Waals surface area contributed by atoms with E-state index < -0.39 is 10.5 Å². The molecule has 100 valence electrons. The van der Waals surface area contributed by atoms with E-state index in [0.29, 0.717) is 25.3 Å². The summed E-state index contributed by atoms with van der Waals surface area (Å²) in [5.74, 6) is 0.489. The summed E-state index contributed by atoms with van der Waals surface area (Å²) in [4.78, 5) is 15.8. The van der Waals surface area contributed by atoms with Crippen LogP contribution in [0, 0.1) is 21.4 Å². The predicted molar refractivity (Wildman–Crippen MR) is 67.7 cm³/mol. The van der Waals surface area contributed by atoms with Gasteiger partial charge in [0.1, 0.15) is 11.9 Å². The van der Waals surface area contributed by atoms with Gasteiger partial charge in [-0.05, 0) is 12.5 Å². The summed E-state index contributed by atoms with van der Waals surface area (Å²) in [6.45, 7) is 2.88. The second-order valence-corrected chi connectivity index (χ2v) is 4.74. The van der Waals surface area contributed by atoms with Gasteiger partial charge in [-0.25, -0.2) is 4.98 Å². The van der Waals surface area contributed by atoms with Crippen LogP contribution in [0.1, 0.15) is 25.5 Å². The first kappa shape index (κ1) is 13.2. The lowest BCUT2D eigenvalue weighted by Gasteiger charge is -2.47. The van der Waals surface area contributed by atoms with Gasteiger partial charge in [0.25, 0.3) is 0 Å². The molecule has 19 heavy (non-hydrogen) atoms. The van der Waals surface area contributed by atoms with E-state index in [1.807, 2.05) is 6.92 Å². The summed E-state index contributed by atoms with van der Waals surface area (Å²) in [7, 11) is 0. The van der Waals surface area contributed by atoms with Crippen LogP contribution in [-0.4, -0.2) is 33.7 Å². The lowest BCUT2D eigenvalue weighted by molar-refractivity contribution is -0.385. The van der Waals surface area contributed by atoms with Gasteiger partial charge in [-0.2, -0.15) is 5.26 Å². The van der Waals surface area contributed by atoms with Crippen LogP contribution in [0.5, 0.6) is 0 Å². The standard InChI is InChI=1S/C12H14N4O3/c1-2-5-12(17)7-15(8-12)11-4-3-10(16(18)19)9(6-13)14-11/h3-4,17H,2,5,7-8H2,1H3. The van der Waals surface area contributed by atoms with Gasteiger partial charge in [0, 0.05) is 19.2 Å². The summed E-state index contributed by atoms with van der Waals surface area (Å²) in [5, 5.41) is 29.6. The Kier molecular flexibility index (Phi) is 3.36. The first-order chi connectivity index (χ1) is 8.99. The van der Waals surface area contributed by atoms with Gasteiger partial charge in [0.05, 0.1) is 10.5 Å². The van der Waals surface area contributed by atoms with Crippen molar-refractivity contribution < 1.29 is 10.0 Å². The number of nitrogens with zero attached hydrogens (tertiary/aromatic N) is 4. The van der Waals surface area contributed by atoms with E-state index in [-0.39, 0.29) is 11.4 Å². The molecule has 0 amide bonds. The summed E-state index contributed by atoms with van der Waals surface area (Å²) in [6.07, 6.45) is 1.60. The van der Waals surface area contributed by atoms with E-state index in [4.69, 9.17) is 5.26 Å². The monoisotopic (exact) mass is 262 g/mol. The number of nitro groups is 1. The molecule has 0 aliphatic carbocycles. The normalized spacial score (nSPS) is 16.6. The van der Waals surface area contributed by atoms with Crippen molar-refractivity contribution in [2.24, 2.45) is 0 Å².